The molecule has 7 heteroatoms. The Balaban J connectivity index is 2.08. The van der Waals surface area contributed by atoms with Gasteiger partial charge in [-0.2, -0.15) is 5.26 Å². The molecule has 3 rings (SSSR count). The highest BCUT2D eigenvalue weighted by molar-refractivity contribution is 5.89. The Morgan fingerprint density at radius 3 is 2.68 bits per heavy atom. The standard InChI is InChI=1S/C18H19N5O2/c1-2-7-20-18(24)13(12-19)16-17(23-8-10-25-11-9-23)22-15-6-4-3-5-14(15)21-16/h2-6,13H,1,7-11H2,(H,20,24)/t13-/m0/s1. The van der Waals surface area contributed by atoms with E-state index in [0.717, 1.165) is 5.52 Å². The van der Waals surface area contributed by atoms with Crippen LogP contribution in [-0.2, 0) is 9.53 Å². The molecular formula is C18H19N5O2. The van der Waals surface area contributed by atoms with Crippen LogP contribution in [-0.4, -0.2) is 48.7 Å². The lowest BCUT2D eigenvalue weighted by molar-refractivity contribution is -0.121. The average molecular weight is 337 g/mol. The average Bonchev–Trinajstić information content (AvgIpc) is 2.67. The third-order valence-corrected chi connectivity index (χ3v) is 3.97. The summed E-state index contributed by atoms with van der Waals surface area (Å²) in [6.45, 7) is 6.32. The summed E-state index contributed by atoms with van der Waals surface area (Å²) in [5.41, 5.74) is 1.77. The van der Waals surface area contributed by atoms with Crippen molar-refractivity contribution >= 4 is 22.8 Å². The van der Waals surface area contributed by atoms with Crippen LogP contribution >= 0.6 is 0 Å². The third kappa shape index (κ3) is 3.59. The van der Waals surface area contributed by atoms with E-state index in [2.05, 4.69) is 27.9 Å². The van der Waals surface area contributed by atoms with Crippen molar-refractivity contribution in [1.29, 1.82) is 5.26 Å². The molecule has 1 fully saturated rings. The van der Waals surface area contributed by atoms with Crippen molar-refractivity contribution < 1.29 is 9.53 Å². The van der Waals surface area contributed by atoms with Crippen LogP contribution in [0.4, 0.5) is 5.82 Å². The van der Waals surface area contributed by atoms with E-state index in [1.54, 1.807) is 6.08 Å². The van der Waals surface area contributed by atoms with Gasteiger partial charge in [-0.15, -0.1) is 6.58 Å². The fourth-order valence-corrected chi connectivity index (χ4v) is 2.72. The van der Waals surface area contributed by atoms with Crippen molar-refractivity contribution in [1.82, 2.24) is 15.3 Å². The fourth-order valence-electron chi connectivity index (χ4n) is 2.72. The summed E-state index contributed by atoms with van der Waals surface area (Å²) in [6.07, 6.45) is 1.57. The molecule has 0 aliphatic carbocycles. The van der Waals surface area contributed by atoms with E-state index in [0.29, 0.717) is 49.9 Å². The summed E-state index contributed by atoms with van der Waals surface area (Å²) in [4.78, 5) is 23.7. The summed E-state index contributed by atoms with van der Waals surface area (Å²) in [7, 11) is 0. The molecule has 1 aromatic carbocycles. The van der Waals surface area contributed by atoms with Gasteiger partial charge in [-0.3, -0.25) is 4.79 Å². The Morgan fingerprint density at radius 1 is 1.36 bits per heavy atom. The number of nitriles is 1. The van der Waals surface area contributed by atoms with Gasteiger partial charge in [0.25, 0.3) is 0 Å². The van der Waals surface area contributed by atoms with Crippen LogP contribution < -0.4 is 10.2 Å². The zero-order valence-electron chi connectivity index (χ0n) is 13.8. The number of hydrogen-bond acceptors (Lipinski definition) is 6. The number of anilines is 1. The number of nitrogens with one attached hydrogen (secondary N) is 1. The van der Waals surface area contributed by atoms with Crippen LogP contribution in [0.1, 0.15) is 11.6 Å². The van der Waals surface area contributed by atoms with E-state index in [9.17, 15) is 10.1 Å². The Kier molecular flexibility index (Phi) is 5.21. The van der Waals surface area contributed by atoms with Crippen molar-refractivity contribution in [3.05, 3.63) is 42.6 Å². The van der Waals surface area contributed by atoms with Gasteiger partial charge < -0.3 is 15.0 Å². The lowest BCUT2D eigenvalue weighted by Gasteiger charge is -2.29. The second-order valence-corrected chi connectivity index (χ2v) is 5.62. The van der Waals surface area contributed by atoms with Crippen LogP contribution in [0.3, 0.4) is 0 Å². The molecule has 1 amide bonds. The number of amides is 1. The Bertz CT molecular complexity index is 824. The number of hydrogen-bond donors (Lipinski definition) is 1. The first-order valence-corrected chi connectivity index (χ1v) is 8.12. The van der Waals surface area contributed by atoms with Gasteiger partial charge >= 0.3 is 0 Å². The predicted octanol–water partition coefficient (Wildman–Crippen LogP) is 1.38. The second-order valence-electron chi connectivity index (χ2n) is 5.62. The number of fused-ring (bicyclic) bond motifs is 1. The van der Waals surface area contributed by atoms with Gasteiger partial charge in [0.15, 0.2) is 11.7 Å². The molecule has 0 saturated carbocycles. The van der Waals surface area contributed by atoms with Crippen LogP contribution in [0.2, 0.25) is 0 Å². The molecule has 1 aliphatic heterocycles. The van der Waals surface area contributed by atoms with Crippen molar-refractivity contribution in [2.45, 2.75) is 5.92 Å². The van der Waals surface area contributed by atoms with Gasteiger partial charge in [0.1, 0.15) is 5.69 Å². The maximum absolute atomic E-state index is 12.4. The second kappa shape index (κ2) is 7.73. The first kappa shape index (κ1) is 16.9. The summed E-state index contributed by atoms with van der Waals surface area (Å²) in [5.74, 6) is -0.862. The molecule has 128 valence electrons. The summed E-state index contributed by atoms with van der Waals surface area (Å²) in [6, 6.07) is 9.50. The number of rotatable bonds is 5. The SMILES string of the molecule is C=CCNC(=O)[C@@H](C#N)c1nc2ccccc2nc1N1CCOCC1. The molecule has 0 bridgehead atoms. The van der Waals surface area contributed by atoms with E-state index in [-0.39, 0.29) is 0 Å². The molecule has 1 N–H and O–H groups in total. The molecule has 0 radical (unpaired) electrons. The van der Waals surface area contributed by atoms with E-state index >= 15 is 0 Å². The summed E-state index contributed by atoms with van der Waals surface area (Å²) in [5, 5.41) is 12.3. The number of carbonyl (C=O) groups excluding carboxylic acids is 1. The van der Waals surface area contributed by atoms with Crippen molar-refractivity contribution in [3.63, 3.8) is 0 Å². The normalized spacial score (nSPS) is 15.4. The van der Waals surface area contributed by atoms with E-state index < -0.39 is 11.8 Å². The molecule has 25 heavy (non-hydrogen) atoms. The fraction of sp³-hybridized carbons (Fsp3) is 0.333. The molecule has 0 spiro atoms. The number of nitrogens with zero attached hydrogens (tertiary/aromatic N) is 4. The number of morpholine rings is 1. The molecule has 7 nitrogen and oxygen atoms in total. The third-order valence-electron chi connectivity index (χ3n) is 3.97. The van der Waals surface area contributed by atoms with E-state index in [1.165, 1.54) is 0 Å². The number of para-hydroxylation sites is 2. The van der Waals surface area contributed by atoms with Gasteiger partial charge in [0.05, 0.1) is 30.3 Å². The predicted molar refractivity (Wildman–Crippen MR) is 94.1 cm³/mol. The molecule has 0 unspecified atom stereocenters. The highest BCUT2D eigenvalue weighted by Crippen LogP contribution is 2.27. The van der Waals surface area contributed by atoms with Crippen molar-refractivity contribution in [3.8, 4) is 6.07 Å². The van der Waals surface area contributed by atoms with Gasteiger partial charge in [0.2, 0.25) is 5.91 Å². The minimum absolute atomic E-state index is 0.297. The zero-order chi connectivity index (χ0) is 17.6. The molecule has 2 aromatic rings. The van der Waals surface area contributed by atoms with E-state index in [4.69, 9.17) is 4.74 Å². The smallest absolute Gasteiger partial charge is 0.243 e. The largest absolute Gasteiger partial charge is 0.378 e. The van der Waals surface area contributed by atoms with Crippen molar-refractivity contribution in [2.24, 2.45) is 0 Å². The number of carbonyl (C=O) groups is 1. The minimum Gasteiger partial charge on any atom is -0.378 e. The van der Waals surface area contributed by atoms with Gasteiger partial charge in [0, 0.05) is 19.6 Å². The molecule has 1 saturated heterocycles. The summed E-state index contributed by atoms with van der Waals surface area (Å²) < 4.78 is 5.39. The van der Waals surface area contributed by atoms with Crippen LogP contribution in [0.25, 0.3) is 11.0 Å². The number of benzene rings is 1. The minimum atomic E-state index is -1.03. The zero-order valence-corrected chi connectivity index (χ0v) is 13.8. The lowest BCUT2D eigenvalue weighted by Crippen LogP contribution is -2.38. The van der Waals surface area contributed by atoms with Crippen molar-refractivity contribution in [2.75, 3.05) is 37.7 Å². The highest BCUT2D eigenvalue weighted by Gasteiger charge is 2.29. The lowest BCUT2D eigenvalue weighted by atomic mass is 10.0. The first-order chi connectivity index (χ1) is 12.2. The maximum Gasteiger partial charge on any atom is 0.243 e. The monoisotopic (exact) mass is 337 g/mol. The molecular weight excluding hydrogens is 318 g/mol. The quantitative estimate of drug-likeness (QED) is 0.829. The number of aromatic nitrogens is 2. The van der Waals surface area contributed by atoms with Crippen LogP contribution in [0.5, 0.6) is 0 Å². The van der Waals surface area contributed by atoms with Gasteiger partial charge in [-0.25, -0.2) is 9.97 Å². The molecule has 1 aromatic heterocycles. The number of ether oxygens (including phenoxy) is 1. The highest BCUT2D eigenvalue weighted by atomic mass is 16.5. The topological polar surface area (TPSA) is 91.1 Å². The van der Waals surface area contributed by atoms with E-state index in [1.807, 2.05) is 29.2 Å². The van der Waals surface area contributed by atoms with Crippen LogP contribution in [0.15, 0.2) is 36.9 Å². The molecule has 1 atom stereocenters. The summed E-state index contributed by atoms with van der Waals surface area (Å²) >= 11 is 0. The van der Waals surface area contributed by atoms with Gasteiger partial charge in [-0.1, -0.05) is 18.2 Å². The Hall–Kier alpha value is -2.98. The first-order valence-electron chi connectivity index (χ1n) is 8.12. The van der Waals surface area contributed by atoms with Crippen LogP contribution in [0, 0.1) is 11.3 Å². The Labute approximate surface area is 145 Å². The van der Waals surface area contributed by atoms with Gasteiger partial charge in [-0.05, 0) is 12.1 Å². The molecule has 2 heterocycles. The molecule has 1 aliphatic rings. The Morgan fingerprint density at radius 2 is 2.04 bits per heavy atom. The maximum atomic E-state index is 12.4.